The van der Waals surface area contributed by atoms with E-state index in [0.29, 0.717) is 11.4 Å². The number of carbonyl (C=O) groups is 2. The molecule has 0 aliphatic rings. The topological polar surface area (TPSA) is 92.9 Å². The van der Waals surface area contributed by atoms with Gasteiger partial charge >= 0.3 is 5.97 Å². The van der Waals surface area contributed by atoms with Crippen LogP contribution in [0, 0.1) is 0 Å². The average molecular weight is 252 g/mol. The van der Waals surface area contributed by atoms with Gasteiger partial charge in [0.05, 0.1) is 12.7 Å². The van der Waals surface area contributed by atoms with E-state index < -0.39 is 17.9 Å². The number of methoxy groups -OCH3 is 1. The highest BCUT2D eigenvalue weighted by atomic mass is 16.5. The molecule has 1 aromatic rings. The zero-order valence-electron chi connectivity index (χ0n) is 10.5. The van der Waals surface area contributed by atoms with Gasteiger partial charge in [0.2, 0.25) is 0 Å². The molecule has 18 heavy (non-hydrogen) atoms. The van der Waals surface area contributed by atoms with Crippen molar-refractivity contribution in [3.63, 3.8) is 0 Å². The van der Waals surface area contributed by atoms with Crippen LogP contribution in [0.1, 0.15) is 17.3 Å². The van der Waals surface area contributed by atoms with E-state index >= 15 is 0 Å². The Morgan fingerprint density at radius 3 is 2.56 bits per heavy atom. The first kappa shape index (κ1) is 13.8. The van der Waals surface area contributed by atoms with Crippen LogP contribution in [0.4, 0.5) is 5.69 Å². The number of nitrogens with zero attached hydrogens (tertiary/aromatic N) is 1. The molecule has 0 radical (unpaired) electrons. The Morgan fingerprint density at radius 1 is 1.44 bits per heavy atom. The van der Waals surface area contributed by atoms with Crippen molar-refractivity contribution in [3.05, 3.63) is 23.8 Å². The molecule has 0 aliphatic carbocycles. The molecule has 6 nitrogen and oxygen atoms in total. The lowest BCUT2D eigenvalue weighted by molar-refractivity contribution is -0.141. The summed E-state index contributed by atoms with van der Waals surface area (Å²) in [6.07, 6.45) is 0. The number of rotatable bonds is 4. The maximum absolute atomic E-state index is 12.1. The van der Waals surface area contributed by atoms with Crippen LogP contribution in [0.2, 0.25) is 0 Å². The number of likely N-dealkylation sites (N-methyl/N-ethyl adjacent to an activating group) is 1. The van der Waals surface area contributed by atoms with Crippen LogP contribution in [-0.2, 0) is 4.79 Å². The first-order chi connectivity index (χ1) is 8.38. The van der Waals surface area contributed by atoms with Gasteiger partial charge in [0.1, 0.15) is 11.8 Å². The van der Waals surface area contributed by atoms with Crippen LogP contribution in [0.3, 0.4) is 0 Å². The Morgan fingerprint density at radius 2 is 2.06 bits per heavy atom. The summed E-state index contributed by atoms with van der Waals surface area (Å²) in [5.41, 5.74) is 6.34. The molecular weight excluding hydrogens is 236 g/mol. The van der Waals surface area contributed by atoms with Gasteiger partial charge in [-0.15, -0.1) is 0 Å². The maximum atomic E-state index is 12.1. The predicted octanol–water partition coefficient (Wildman–Crippen LogP) is 0.823. The number of carbonyl (C=O) groups excluding carboxylic acids is 1. The monoisotopic (exact) mass is 252 g/mol. The molecule has 0 aliphatic heterocycles. The second-order valence-corrected chi connectivity index (χ2v) is 3.89. The summed E-state index contributed by atoms with van der Waals surface area (Å²) in [5.74, 6) is -1.17. The first-order valence-corrected chi connectivity index (χ1v) is 5.32. The number of carboxylic acid groups (broad SMARTS) is 1. The van der Waals surface area contributed by atoms with Crippen molar-refractivity contribution in [2.24, 2.45) is 0 Å². The second-order valence-electron chi connectivity index (χ2n) is 3.89. The van der Waals surface area contributed by atoms with Crippen LogP contribution < -0.4 is 10.5 Å². The van der Waals surface area contributed by atoms with Gasteiger partial charge in [-0.05, 0) is 19.1 Å². The van der Waals surface area contributed by atoms with Crippen molar-refractivity contribution < 1.29 is 19.4 Å². The third-order valence-electron chi connectivity index (χ3n) is 2.71. The summed E-state index contributed by atoms with van der Waals surface area (Å²) in [5, 5.41) is 8.87. The average Bonchev–Trinajstić information content (AvgIpc) is 2.35. The fourth-order valence-corrected chi connectivity index (χ4v) is 1.42. The molecule has 98 valence electrons. The van der Waals surface area contributed by atoms with Gasteiger partial charge in [-0.25, -0.2) is 4.79 Å². The Hall–Kier alpha value is -2.24. The van der Waals surface area contributed by atoms with Crippen molar-refractivity contribution >= 4 is 17.6 Å². The number of carboxylic acids is 1. The summed E-state index contributed by atoms with van der Waals surface area (Å²) < 4.78 is 5.06. The van der Waals surface area contributed by atoms with Gasteiger partial charge < -0.3 is 20.5 Å². The van der Waals surface area contributed by atoms with Crippen molar-refractivity contribution in [2.45, 2.75) is 13.0 Å². The number of ether oxygens (including phenoxy) is 1. The van der Waals surface area contributed by atoms with E-state index in [1.807, 2.05) is 0 Å². The molecule has 6 heteroatoms. The fraction of sp³-hybridized carbons (Fsp3) is 0.333. The molecule has 0 saturated carbocycles. The molecule has 0 aromatic heterocycles. The highest BCUT2D eigenvalue weighted by Gasteiger charge is 2.24. The summed E-state index contributed by atoms with van der Waals surface area (Å²) >= 11 is 0. The zero-order chi connectivity index (χ0) is 13.9. The van der Waals surface area contributed by atoms with Crippen molar-refractivity contribution in [2.75, 3.05) is 19.9 Å². The van der Waals surface area contributed by atoms with Crippen LogP contribution in [0.15, 0.2) is 18.2 Å². The summed E-state index contributed by atoms with van der Waals surface area (Å²) in [7, 11) is 2.85. The second kappa shape index (κ2) is 5.39. The number of anilines is 1. The summed E-state index contributed by atoms with van der Waals surface area (Å²) in [4.78, 5) is 24.1. The normalized spacial score (nSPS) is 11.7. The molecule has 0 fully saturated rings. The minimum absolute atomic E-state index is 0.280. The third kappa shape index (κ3) is 2.71. The van der Waals surface area contributed by atoms with E-state index in [1.165, 1.54) is 33.2 Å². The largest absolute Gasteiger partial charge is 0.496 e. The maximum Gasteiger partial charge on any atom is 0.326 e. The molecule has 0 heterocycles. The lowest BCUT2D eigenvalue weighted by Crippen LogP contribution is -2.40. The van der Waals surface area contributed by atoms with E-state index in [0.717, 1.165) is 4.90 Å². The Bertz CT molecular complexity index is 473. The van der Waals surface area contributed by atoms with Gasteiger partial charge in [0, 0.05) is 18.8 Å². The highest BCUT2D eigenvalue weighted by Crippen LogP contribution is 2.23. The van der Waals surface area contributed by atoms with Gasteiger partial charge in [-0.2, -0.15) is 0 Å². The Labute approximate surface area is 105 Å². The van der Waals surface area contributed by atoms with Crippen LogP contribution in [0.25, 0.3) is 0 Å². The SMILES string of the molecule is COc1cc(N)ccc1C(=O)N(C)[C@@H](C)C(=O)O. The van der Waals surface area contributed by atoms with Gasteiger partial charge in [-0.1, -0.05) is 0 Å². The lowest BCUT2D eigenvalue weighted by Gasteiger charge is -2.22. The summed E-state index contributed by atoms with van der Waals surface area (Å²) in [6.45, 7) is 1.43. The molecular formula is C12H16N2O4. The van der Waals surface area contributed by atoms with Crippen LogP contribution >= 0.6 is 0 Å². The van der Waals surface area contributed by atoms with E-state index in [4.69, 9.17) is 15.6 Å². The molecule has 0 saturated heterocycles. The van der Waals surface area contributed by atoms with Gasteiger partial charge in [0.15, 0.2) is 0 Å². The summed E-state index contributed by atoms with van der Waals surface area (Å²) in [6, 6.07) is 3.68. The predicted molar refractivity (Wildman–Crippen MR) is 66.6 cm³/mol. The molecule has 3 N–H and O–H groups in total. The molecule has 0 spiro atoms. The lowest BCUT2D eigenvalue weighted by atomic mass is 10.1. The van der Waals surface area contributed by atoms with E-state index in [2.05, 4.69) is 0 Å². The van der Waals surface area contributed by atoms with Crippen LogP contribution in [-0.4, -0.2) is 42.1 Å². The zero-order valence-corrected chi connectivity index (χ0v) is 10.5. The fourth-order valence-electron chi connectivity index (χ4n) is 1.42. The number of hydrogen-bond acceptors (Lipinski definition) is 4. The number of benzene rings is 1. The minimum Gasteiger partial charge on any atom is -0.496 e. The quantitative estimate of drug-likeness (QED) is 0.774. The molecule has 1 aromatic carbocycles. The van der Waals surface area contributed by atoms with E-state index in [1.54, 1.807) is 6.07 Å². The molecule has 1 amide bonds. The van der Waals surface area contributed by atoms with Crippen molar-refractivity contribution in [1.82, 2.24) is 4.90 Å². The molecule has 1 atom stereocenters. The Kier molecular flexibility index (Phi) is 4.14. The third-order valence-corrected chi connectivity index (χ3v) is 2.71. The smallest absolute Gasteiger partial charge is 0.326 e. The number of nitrogen functional groups attached to an aromatic ring is 1. The highest BCUT2D eigenvalue weighted by molar-refractivity contribution is 5.99. The molecule has 0 unspecified atom stereocenters. The van der Waals surface area contributed by atoms with Crippen LogP contribution in [0.5, 0.6) is 5.75 Å². The number of aliphatic carboxylic acids is 1. The number of hydrogen-bond donors (Lipinski definition) is 2. The van der Waals surface area contributed by atoms with Gasteiger partial charge in [0.25, 0.3) is 5.91 Å². The minimum atomic E-state index is -1.07. The van der Waals surface area contributed by atoms with Gasteiger partial charge in [-0.3, -0.25) is 4.79 Å². The number of amides is 1. The standard InChI is InChI=1S/C12H16N2O4/c1-7(12(16)17)14(2)11(15)9-5-4-8(13)6-10(9)18-3/h4-7H,13H2,1-3H3,(H,16,17)/t7-/m0/s1. The van der Waals surface area contributed by atoms with E-state index in [9.17, 15) is 9.59 Å². The molecule has 0 bridgehead atoms. The molecule has 1 rings (SSSR count). The first-order valence-electron chi connectivity index (χ1n) is 5.32. The van der Waals surface area contributed by atoms with E-state index in [-0.39, 0.29) is 5.56 Å². The number of nitrogens with two attached hydrogens (primary N) is 1. The Balaban J connectivity index is 3.07. The van der Waals surface area contributed by atoms with Crippen molar-refractivity contribution in [1.29, 1.82) is 0 Å². The van der Waals surface area contributed by atoms with Crippen molar-refractivity contribution in [3.8, 4) is 5.75 Å².